The Morgan fingerprint density at radius 1 is 1.14 bits per heavy atom. The smallest absolute Gasteiger partial charge is 0.256 e. The number of hydrogen-bond acceptors (Lipinski definition) is 5. The minimum atomic E-state index is -3.63. The molecule has 0 saturated carbocycles. The van der Waals surface area contributed by atoms with Gasteiger partial charge in [-0.1, -0.05) is 34.6 Å². The molecule has 7 nitrogen and oxygen atoms in total. The van der Waals surface area contributed by atoms with Gasteiger partial charge in [-0.25, -0.2) is 12.8 Å². The number of furan rings is 1. The lowest BCUT2D eigenvalue weighted by Gasteiger charge is -2.42. The molecule has 0 saturated heterocycles. The van der Waals surface area contributed by atoms with Crippen molar-refractivity contribution in [2.75, 3.05) is 24.7 Å². The van der Waals surface area contributed by atoms with Crippen LogP contribution in [0.1, 0.15) is 45.0 Å². The van der Waals surface area contributed by atoms with Crippen LogP contribution in [0.25, 0.3) is 22.3 Å². The molecule has 0 fully saturated rings. The Bertz CT molecular complexity index is 1370. The molecule has 1 aromatic heterocycles. The lowest BCUT2D eigenvalue weighted by molar-refractivity contribution is 0.0964. The monoisotopic (exact) mass is 534 g/mol. The van der Waals surface area contributed by atoms with E-state index in [1.807, 2.05) is 0 Å². The van der Waals surface area contributed by atoms with Crippen LogP contribution >= 0.6 is 0 Å². The van der Waals surface area contributed by atoms with E-state index in [1.165, 1.54) is 38.4 Å². The van der Waals surface area contributed by atoms with E-state index < -0.39 is 24.2 Å². The number of benzene rings is 2. The number of carbonyl (C=O) groups is 1. The van der Waals surface area contributed by atoms with Crippen molar-refractivity contribution in [2.24, 2.45) is 0 Å². The summed E-state index contributed by atoms with van der Waals surface area (Å²) in [5.41, 5.74) is 1.44. The summed E-state index contributed by atoms with van der Waals surface area (Å²) in [5, 5.41) is 3.00. The predicted molar refractivity (Wildman–Crippen MR) is 145 cm³/mol. The Morgan fingerprint density at radius 2 is 1.72 bits per heavy atom. The predicted octanol–water partition coefficient (Wildman–Crippen LogP) is 6.16. The minimum absolute atomic E-state index is 0.133. The Balaban J connectivity index is 2.39. The SMILES string of the molecule is CC[Si](CC)(Oc1cc2c(C(=O)NC)c(-c3ccc(F)cc3)oc2cc1N(C)S(C)(=O)=O)C(C)(C)C. The zero-order valence-electron chi connectivity index (χ0n) is 22.2. The van der Waals surface area contributed by atoms with Gasteiger partial charge in [-0.3, -0.25) is 9.10 Å². The van der Waals surface area contributed by atoms with Crippen molar-refractivity contribution >= 4 is 40.9 Å². The Morgan fingerprint density at radius 3 is 2.19 bits per heavy atom. The summed E-state index contributed by atoms with van der Waals surface area (Å²) in [6, 6.07) is 10.6. The van der Waals surface area contributed by atoms with Crippen LogP contribution in [0.3, 0.4) is 0 Å². The molecule has 2 aromatic carbocycles. The second-order valence-electron chi connectivity index (χ2n) is 9.99. The molecule has 1 amide bonds. The van der Waals surface area contributed by atoms with Gasteiger partial charge in [0.1, 0.15) is 22.9 Å². The summed E-state index contributed by atoms with van der Waals surface area (Å²) in [4.78, 5) is 13.0. The highest BCUT2D eigenvalue weighted by atomic mass is 32.2. The first kappa shape index (κ1) is 27.7. The van der Waals surface area contributed by atoms with E-state index in [9.17, 15) is 17.6 Å². The van der Waals surface area contributed by atoms with Gasteiger partial charge in [0, 0.05) is 31.1 Å². The summed E-state index contributed by atoms with van der Waals surface area (Å²) in [6.07, 6.45) is 1.12. The van der Waals surface area contributed by atoms with Crippen molar-refractivity contribution in [2.45, 2.75) is 51.7 Å². The maximum atomic E-state index is 13.6. The molecule has 0 atom stereocenters. The number of anilines is 1. The van der Waals surface area contributed by atoms with E-state index in [4.69, 9.17) is 8.84 Å². The van der Waals surface area contributed by atoms with E-state index in [2.05, 4.69) is 39.9 Å². The summed E-state index contributed by atoms with van der Waals surface area (Å²) < 4.78 is 52.8. The summed E-state index contributed by atoms with van der Waals surface area (Å²) in [6.45, 7) is 10.6. The van der Waals surface area contributed by atoms with Gasteiger partial charge in [0.25, 0.3) is 14.2 Å². The summed E-state index contributed by atoms with van der Waals surface area (Å²) >= 11 is 0. The molecule has 1 heterocycles. The molecule has 0 spiro atoms. The van der Waals surface area contributed by atoms with Crippen LogP contribution in [0.4, 0.5) is 10.1 Å². The van der Waals surface area contributed by atoms with Crippen LogP contribution in [0.5, 0.6) is 5.75 Å². The van der Waals surface area contributed by atoms with E-state index in [0.717, 1.165) is 22.6 Å². The number of hydrogen-bond donors (Lipinski definition) is 1. The van der Waals surface area contributed by atoms with E-state index >= 15 is 0 Å². The molecule has 0 bridgehead atoms. The highest BCUT2D eigenvalue weighted by Crippen LogP contribution is 2.47. The highest BCUT2D eigenvalue weighted by Gasteiger charge is 2.46. The second-order valence-corrected chi connectivity index (χ2v) is 17.1. The maximum Gasteiger partial charge on any atom is 0.256 e. The fourth-order valence-electron chi connectivity index (χ4n) is 4.59. The minimum Gasteiger partial charge on any atom is -0.542 e. The van der Waals surface area contributed by atoms with Crippen LogP contribution in [-0.2, 0) is 10.0 Å². The molecule has 36 heavy (non-hydrogen) atoms. The number of carbonyl (C=O) groups excluding carboxylic acids is 1. The van der Waals surface area contributed by atoms with Gasteiger partial charge in [-0.15, -0.1) is 0 Å². The Kier molecular flexibility index (Phi) is 7.62. The van der Waals surface area contributed by atoms with E-state index in [1.54, 1.807) is 12.1 Å². The molecule has 196 valence electrons. The molecule has 0 radical (unpaired) electrons. The first-order valence-electron chi connectivity index (χ1n) is 11.9. The molecular formula is C26H35FN2O5SSi. The van der Waals surface area contributed by atoms with Crippen LogP contribution in [0.15, 0.2) is 40.8 Å². The third-order valence-electron chi connectivity index (χ3n) is 6.98. The average Bonchev–Trinajstić information content (AvgIpc) is 3.18. The first-order valence-corrected chi connectivity index (χ1v) is 16.1. The summed E-state index contributed by atoms with van der Waals surface area (Å²) in [7, 11) is -3.07. The van der Waals surface area contributed by atoms with Crippen LogP contribution < -0.4 is 14.0 Å². The van der Waals surface area contributed by atoms with Gasteiger partial charge in [0.2, 0.25) is 10.0 Å². The molecule has 0 unspecified atom stereocenters. The molecule has 1 N–H and O–H groups in total. The van der Waals surface area contributed by atoms with Crippen molar-refractivity contribution in [1.82, 2.24) is 5.32 Å². The topological polar surface area (TPSA) is 88.8 Å². The normalized spacial score (nSPS) is 12.6. The summed E-state index contributed by atoms with van der Waals surface area (Å²) in [5.74, 6) is -0.141. The van der Waals surface area contributed by atoms with Gasteiger partial charge >= 0.3 is 0 Å². The van der Waals surface area contributed by atoms with Crippen molar-refractivity contribution < 1.29 is 26.4 Å². The molecule has 3 rings (SSSR count). The molecule has 3 aromatic rings. The molecule has 0 aliphatic heterocycles. The molecule has 0 aliphatic carbocycles. The van der Waals surface area contributed by atoms with Gasteiger partial charge in [0.15, 0.2) is 0 Å². The maximum absolute atomic E-state index is 13.6. The lowest BCUT2D eigenvalue weighted by atomic mass is 10.0. The number of fused-ring (bicyclic) bond motifs is 1. The highest BCUT2D eigenvalue weighted by molar-refractivity contribution is 7.92. The van der Waals surface area contributed by atoms with Gasteiger partial charge in [-0.05, 0) is 47.5 Å². The van der Waals surface area contributed by atoms with Gasteiger partial charge in [0.05, 0.1) is 17.5 Å². The average molecular weight is 535 g/mol. The van der Waals surface area contributed by atoms with Crippen molar-refractivity contribution in [3.63, 3.8) is 0 Å². The fraction of sp³-hybridized carbons (Fsp3) is 0.423. The Labute approximate surface area is 213 Å². The number of rotatable bonds is 8. The fourth-order valence-corrected chi connectivity index (χ4v) is 8.89. The van der Waals surface area contributed by atoms with Crippen LogP contribution in [0.2, 0.25) is 17.1 Å². The van der Waals surface area contributed by atoms with Crippen LogP contribution in [0, 0.1) is 5.82 Å². The quantitative estimate of drug-likeness (QED) is 0.350. The molecular weight excluding hydrogens is 499 g/mol. The number of sulfonamides is 1. The zero-order valence-corrected chi connectivity index (χ0v) is 24.0. The Hall–Kier alpha value is -2.85. The van der Waals surface area contributed by atoms with Crippen LogP contribution in [-0.4, -0.2) is 43.0 Å². The lowest BCUT2D eigenvalue weighted by Crippen LogP contribution is -2.49. The molecule has 10 heteroatoms. The zero-order chi connectivity index (χ0) is 27.1. The number of halogens is 1. The third-order valence-corrected chi connectivity index (χ3v) is 13.8. The number of nitrogens with zero attached hydrogens (tertiary/aromatic N) is 1. The van der Waals surface area contributed by atoms with Crippen molar-refractivity contribution in [3.05, 3.63) is 47.8 Å². The largest absolute Gasteiger partial charge is 0.542 e. The number of nitrogens with one attached hydrogen (secondary N) is 1. The van der Waals surface area contributed by atoms with E-state index in [0.29, 0.717) is 28.0 Å². The molecule has 0 aliphatic rings. The second kappa shape index (κ2) is 9.89. The standard InChI is InChI=1S/C26H35FN2O5SSi/c1-9-36(10-2,26(3,4)5)34-22-15-19-21(16-20(22)29(7)35(8,31)32)33-24(23(19)25(30)28-6)17-11-13-18(27)14-12-17/h11-16H,9-10H2,1-8H3,(H,28,30). The van der Waals surface area contributed by atoms with Crippen molar-refractivity contribution in [1.29, 1.82) is 0 Å². The van der Waals surface area contributed by atoms with Gasteiger partial charge < -0.3 is 14.2 Å². The van der Waals surface area contributed by atoms with Crippen molar-refractivity contribution in [3.8, 4) is 17.1 Å². The third kappa shape index (κ3) is 5.01. The van der Waals surface area contributed by atoms with E-state index in [-0.39, 0.29) is 22.3 Å². The first-order chi connectivity index (χ1) is 16.7. The van der Waals surface area contributed by atoms with Gasteiger partial charge in [-0.2, -0.15) is 0 Å². The number of amides is 1.